The molecule has 0 bridgehead atoms. The monoisotopic (exact) mass is 283 g/mol. The number of nitrogen functional groups attached to an aromatic ring is 1. The lowest BCUT2D eigenvalue weighted by molar-refractivity contribution is 0.602. The predicted octanol–water partition coefficient (Wildman–Crippen LogP) is 3.03. The van der Waals surface area contributed by atoms with Crippen LogP contribution >= 0.6 is 0 Å². The molecule has 110 valence electrons. The molecule has 1 saturated carbocycles. The fourth-order valence-corrected chi connectivity index (χ4v) is 2.86. The number of aromatic nitrogens is 2. The van der Waals surface area contributed by atoms with Crippen LogP contribution in [-0.4, -0.2) is 16.0 Å². The van der Waals surface area contributed by atoms with Gasteiger partial charge in [-0.25, -0.2) is 15.8 Å². The Labute approximate surface area is 125 Å². The third-order valence-electron chi connectivity index (χ3n) is 3.95. The summed E-state index contributed by atoms with van der Waals surface area (Å²) in [6, 6.07) is 12.3. The Bertz CT molecular complexity index is 599. The van der Waals surface area contributed by atoms with Crippen LogP contribution in [0, 0.1) is 5.92 Å². The van der Waals surface area contributed by atoms with Crippen molar-refractivity contribution in [1.29, 1.82) is 0 Å². The predicted molar refractivity (Wildman–Crippen MR) is 85.7 cm³/mol. The lowest BCUT2D eigenvalue weighted by Gasteiger charge is -2.15. The van der Waals surface area contributed by atoms with Crippen LogP contribution < -0.4 is 16.6 Å². The summed E-state index contributed by atoms with van der Waals surface area (Å²) in [5, 5.41) is 3.51. The first kappa shape index (κ1) is 13.8. The molecule has 1 heterocycles. The van der Waals surface area contributed by atoms with Crippen molar-refractivity contribution in [2.75, 3.05) is 10.7 Å². The molecule has 21 heavy (non-hydrogen) atoms. The van der Waals surface area contributed by atoms with Crippen molar-refractivity contribution in [2.24, 2.45) is 11.8 Å². The second-order valence-corrected chi connectivity index (χ2v) is 5.73. The molecule has 5 nitrogen and oxygen atoms in total. The lowest BCUT2D eigenvalue weighted by atomic mass is 10.1. The highest BCUT2D eigenvalue weighted by Gasteiger charge is 2.21. The van der Waals surface area contributed by atoms with Gasteiger partial charge in [0.25, 0.3) is 0 Å². The van der Waals surface area contributed by atoms with Gasteiger partial charge in [-0.15, -0.1) is 0 Å². The molecular formula is C16H21N5. The fourth-order valence-electron chi connectivity index (χ4n) is 2.86. The van der Waals surface area contributed by atoms with E-state index < -0.39 is 0 Å². The molecule has 4 N–H and O–H groups in total. The quantitative estimate of drug-likeness (QED) is 0.594. The molecule has 0 spiro atoms. The highest BCUT2D eigenvalue weighted by Crippen LogP contribution is 2.28. The summed E-state index contributed by atoms with van der Waals surface area (Å²) in [5.74, 6) is 8.44. The zero-order valence-corrected chi connectivity index (χ0v) is 12.2. The molecule has 0 radical (unpaired) electrons. The molecule has 1 aliphatic rings. The van der Waals surface area contributed by atoms with E-state index in [1.807, 2.05) is 36.4 Å². The van der Waals surface area contributed by atoms with Crippen LogP contribution in [0.3, 0.4) is 0 Å². The van der Waals surface area contributed by atoms with Gasteiger partial charge in [0, 0.05) is 17.7 Å². The summed E-state index contributed by atoms with van der Waals surface area (Å²) in [6.07, 6.45) is 3.66. The number of hydrogen-bond donors (Lipinski definition) is 3. The van der Waals surface area contributed by atoms with Crippen molar-refractivity contribution >= 4 is 11.6 Å². The number of hydrazine groups is 1. The van der Waals surface area contributed by atoms with Crippen LogP contribution in [0.4, 0.5) is 11.6 Å². The summed E-state index contributed by atoms with van der Waals surface area (Å²) in [5.41, 5.74) is 3.60. The molecule has 5 heteroatoms. The van der Waals surface area contributed by atoms with Crippen molar-refractivity contribution in [2.45, 2.75) is 32.2 Å². The van der Waals surface area contributed by atoms with Gasteiger partial charge >= 0.3 is 0 Å². The van der Waals surface area contributed by atoms with E-state index >= 15 is 0 Å². The maximum absolute atomic E-state index is 5.53. The van der Waals surface area contributed by atoms with Crippen LogP contribution in [-0.2, 0) is 0 Å². The summed E-state index contributed by atoms with van der Waals surface area (Å²) in [7, 11) is 0. The Morgan fingerprint density at radius 3 is 2.52 bits per heavy atom. The molecule has 2 aromatic rings. The number of benzene rings is 1. The average Bonchev–Trinajstić information content (AvgIpc) is 2.93. The van der Waals surface area contributed by atoms with Crippen molar-refractivity contribution in [3.8, 4) is 11.4 Å². The van der Waals surface area contributed by atoms with E-state index in [0.29, 0.717) is 17.7 Å². The van der Waals surface area contributed by atoms with Crippen LogP contribution in [0.25, 0.3) is 11.4 Å². The molecule has 0 aliphatic heterocycles. The van der Waals surface area contributed by atoms with Gasteiger partial charge in [-0.2, -0.15) is 0 Å². The SMILES string of the molecule is CC1CCC(Nc2cc(NN)nc(-c3ccccc3)n2)C1. The van der Waals surface area contributed by atoms with Crippen LogP contribution in [0.1, 0.15) is 26.2 Å². The maximum atomic E-state index is 5.53. The number of nitrogens with one attached hydrogen (secondary N) is 2. The Balaban J connectivity index is 1.86. The minimum atomic E-state index is 0.490. The minimum absolute atomic E-state index is 0.490. The second-order valence-electron chi connectivity index (χ2n) is 5.73. The van der Waals surface area contributed by atoms with Gasteiger partial charge in [0.2, 0.25) is 0 Å². The highest BCUT2D eigenvalue weighted by molar-refractivity contribution is 5.61. The zero-order chi connectivity index (χ0) is 14.7. The number of nitrogens with zero attached hydrogens (tertiary/aromatic N) is 2. The van der Waals surface area contributed by atoms with Gasteiger partial charge in [0.15, 0.2) is 5.82 Å². The summed E-state index contributed by atoms with van der Waals surface area (Å²) in [6.45, 7) is 2.30. The average molecular weight is 283 g/mol. The Morgan fingerprint density at radius 1 is 1.10 bits per heavy atom. The van der Waals surface area contributed by atoms with E-state index in [0.717, 1.165) is 17.3 Å². The third kappa shape index (κ3) is 3.31. The highest BCUT2D eigenvalue weighted by atomic mass is 15.3. The van der Waals surface area contributed by atoms with Gasteiger partial charge in [0.1, 0.15) is 11.6 Å². The summed E-state index contributed by atoms with van der Waals surface area (Å²) < 4.78 is 0. The third-order valence-corrected chi connectivity index (χ3v) is 3.95. The normalized spacial score (nSPS) is 21.2. The fraction of sp³-hybridized carbons (Fsp3) is 0.375. The minimum Gasteiger partial charge on any atom is -0.367 e. The summed E-state index contributed by atoms with van der Waals surface area (Å²) >= 11 is 0. The molecule has 0 saturated heterocycles. The lowest BCUT2D eigenvalue weighted by Crippen LogP contribution is -2.18. The second kappa shape index (κ2) is 6.10. The van der Waals surface area contributed by atoms with Gasteiger partial charge in [0.05, 0.1) is 0 Å². The molecule has 0 amide bonds. The van der Waals surface area contributed by atoms with E-state index in [4.69, 9.17) is 5.84 Å². The molecule has 2 atom stereocenters. The van der Waals surface area contributed by atoms with Crippen molar-refractivity contribution in [1.82, 2.24) is 9.97 Å². The van der Waals surface area contributed by atoms with Crippen LogP contribution in [0.15, 0.2) is 36.4 Å². The molecule has 2 unspecified atom stereocenters. The van der Waals surface area contributed by atoms with Gasteiger partial charge in [-0.1, -0.05) is 37.3 Å². The number of hydrogen-bond acceptors (Lipinski definition) is 5. The Kier molecular flexibility index (Phi) is 4.01. The van der Waals surface area contributed by atoms with Crippen LogP contribution in [0.2, 0.25) is 0 Å². The van der Waals surface area contributed by atoms with Gasteiger partial charge in [-0.05, 0) is 25.2 Å². The Hall–Kier alpha value is -2.14. The number of nitrogens with two attached hydrogens (primary N) is 1. The molecule has 3 rings (SSSR count). The smallest absolute Gasteiger partial charge is 0.163 e. The van der Waals surface area contributed by atoms with Gasteiger partial charge in [-0.3, -0.25) is 0 Å². The standard InChI is InChI=1S/C16H21N5/c1-11-7-8-13(9-11)18-14-10-15(21-17)20-16(19-14)12-5-3-2-4-6-12/h2-6,10-11,13H,7-9,17H2,1H3,(H2,18,19,20,21). The van der Waals surface area contributed by atoms with E-state index in [1.54, 1.807) is 0 Å². The van der Waals surface area contributed by atoms with Crippen molar-refractivity contribution in [3.05, 3.63) is 36.4 Å². The largest absolute Gasteiger partial charge is 0.367 e. The van der Waals surface area contributed by atoms with Gasteiger partial charge < -0.3 is 10.7 Å². The first-order valence-electron chi connectivity index (χ1n) is 7.42. The van der Waals surface area contributed by atoms with E-state index in [1.165, 1.54) is 19.3 Å². The van der Waals surface area contributed by atoms with Crippen LogP contribution in [0.5, 0.6) is 0 Å². The topological polar surface area (TPSA) is 75.9 Å². The number of rotatable bonds is 4. The molecule has 1 aromatic carbocycles. The van der Waals surface area contributed by atoms with E-state index in [-0.39, 0.29) is 0 Å². The maximum Gasteiger partial charge on any atom is 0.163 e. The first-order valence-corrected chi connectivity index (χ1v) is 7.42. The Morgan fingerprint density at radius 2 is 1.86 bits per heavy atom. The van der Waals surface area contributed by atoms with Crippen molar-refractivity contribution in [3.63, 3.8) is 0 Å². The first-order chi connectivity index (χ1) is 10.2. The number of anilines is 2. The summed E-state index contributed by atoms with van der Waals surface area (Å²) in [4.78, 5) is 9.05. The van der Waals surface area contributed by atoms with E-state index in [2.05, 4.69) is 27.6 Å². The molecule has 1 fully saturated rings. The van der Waals surface area contributed by atoms with Crippen molar-refractivity contribution < 1.29 is 0 Å². The molecule has 1 aliphatic carbocycles. The molecule has 1 aromatic heterocycles. The molecular weight excluding hydrogens is 262 g/mol. The van der Waals surface area contributed by atoms with E-state index in [9.17, 15) is 0 Å². The zero-order valence-electron chi connectivity index (χ0n) is 12.2.